The summed E-state index contributed by atoms with van der Waals surface area (Å²) in [5.74, 6) is 1.77. The molecule has 0 radical (unpaired) electrons. The molecule has 5 aromatic rings. The van der Waals surface area contributed by atoms with E-state index in [1.807, 2.05) is 17.5 Å². The Hall–Kier alpha value is -3.43. The fourth-order valence-corrected chi connectivity index (χ4v) is 7.74. The molecule has 1 saturated carbocycles. The fraction of sp³-hybridized carbons (Fsp3) is 0.286. The molecule has 0 N–H and O–H groups in total. The largest absolute Gasteiger partial charge is 0.298 e. The van der Waals surface area contributed by atoms with Crippen LogP contribution in [0.4, 0.5) is 0 Å². The van der Waals surface area contributed by atoms with E-state index in [1.54, 1.807) is 0 Å². The Morgan fingerprint density at radius 3 is 2.34 bits per heavy atom. The van der Waals surface area contributed by atoms with E-state index in [-0.39, 0.29) is 5.41 Å². The standard InChI is InChI=1S/C35H36N2S/c1-7-28-21-35(28,6)30-17-16-27(31-22(2)12-11-13-23(31)3)20-29(30)34-36-18-19-37(34)32-24(4)33(38-25(32)5)26-14-9-8-10-15-26/h8-20,28H,7,21H2,1-6H3/t28-,35?/m0/s1. The molecule has 0 bridgehead atoms. The van der Waals surface area contributed by atoms with Crippen molar-refractivity contribution in [3.8, 4) is 38.6 Å². The number of aryl methyl sites for hydroxylation is 3. The fourth-order valence-electron chi connectivity index (χ4n) is 6.58. The van der Waals surface area contributed by atoms with E-state index in [0.717, 1.165) is 11.7 Å². The Balaban J connectivity index is 1.56. The summed E-state index contributed by atoms with van der Waals surface area (Å²) < 4.78 is 2.34. The van der Waals surface area contributed by atoms with Gasteiger partial charge in [-0.3, -0.25) is 4.57 Å². The van der Waals surface area contributed by atoms with Crippen LogP contribution in [0.25, 0.3) is 38.6 Å². The average molecular weight is 517 g/mol. The molecule has 1 fully saturated rings. The third-order valence-electron chi connectivity index (χ3n) is 8.75. The topological polar surface area (TPSA) is 17.8 Å². The molecule has 2 nitrogen and oxygen atoms in total. The van der Waals surface area contributed by atoms with Crippen LogP contribution in [0, 0.1) is 33.6 Å². The van der Waals surface area contributed by atoms with Crippen LogP contribution in [-0.4, -0.2) is 9.55 Å². The second kappa shape index (κ2) is 9.39. The first kappa shape index (κ1) is 24.9. The zero-order valence-corrected chi connectivity index (χ0v) is 24.1. The van der Waals surface area contributed by atoms with Gasteiger partial charge in [0.15, 0.2) is 0 Å². The third-order valence-corrected chi connectivity index (χ3v) is 10.00. The van der Waals surface area contributed by atoms with E-state index in [2.05, 4.69) is 119 Å². The summed E-state index contributed by atoms with van der Waals surface area (Å²) in [4.78, 5) is 7.68. The molecule has 1 unspecified atom stereocenters. The molecule has 2 aromatic heterocycles. The summed E-state index contributed by atoms with van der Waals surface area (Å²) in [5, 5.41) is 0. The van der Waals surface area contributed by atoms with Gasteiger partial charge in [-0.25, -0.2) is 4.98 Å². The highest BCUT2D eigenvalue weighted by atomic mass is 32.1. The second-order valence-corrected chi connectivity index (χ2v) is 12.4. The summed E-state index contributed by atoms with van der Waals surface area (Å²) in [6, 6.07) is 24.5. The minimum atomic E-state index is 0.202. The molecule has 1 aliphatic rings. The lowest BCUT2D eigenvalue weighted by Gasteiger charge is -2.20. The van der Waals surface area contributed by atoms with Gasteiger partial charge in [-0.1, -0.05) is 80.9 Å². The quantitative estimate of drug-likeness (QED) is 0.220. The van der Waals surface area contributed by atoms with Crippen LogP contribution in [0.1, 0.15) is 53.8 Å². The molecular formula is C35H36N2S. The van der Waals surface area contributed by atoms with Gasteiger partial charge >= 0.3 is 0 Å². The van der Waals surface area contributed by atoms with Gasteiger partial charge < -0.3 is 0 Å². The van der Waals surface area contributed by atoms with Gasteiger partial charge in [-0.2, -0.15) is 0 Å². The lowest BCUT2D eigenvalue weighted by Crippen LogP contribution is -2.09. The number of hydrogen-bond donors (Lipinski definition) is 0. The van der Waals surface area contributed by atoms with Crippen LogP contribution in [0.15, 0.2) is 79.1 Å². The van der Waals surface area contributed by atoms with Crippen LogP contribution < -0.4 is 0 Å². The van der Waals surface area contributed by atoms with Crippen molar-refractivity contribution < 1.29 is 0 Å². The van der Waals surface area contributed by atoms with Crippen molar-refractivity contribution in [1.29, 1.82) is 0 Å². The molecule has 2 atom stereocenters. The first-order valence-corrected chi connectivity index (χ1v) is 14.6. The maximum absolute atomic E-state index is 5.03. The highest BCUT2D eigenvalue weighted by molar-refractivity contribution is 7.16. The van der Waals surface area contributed by atoms with Gasteiger partial charge in [-0.05, 0) is 90.5 Å². The number of benzene rings is 3. The number of imidazole rings is 1. The van der Waals surface area contributed by atoms with Crippen LogP contribution in [0.3, 0.4) is 0 Å². The lowest BCUT2D eigenvalue weighted by molar-refractivity contribution is 0.643. The van der Waals surface area contributed by atoms with Gasteiger partial charge in [0.2, 0.25) is 0 Å². The Morgan fingerprint density at radius 1 is 0.921 bits per heavy atom. The van der Waals surface area contributed by atoms with E-state index < -0.39 is 0 Å². The average Bonchev–Trinajstić information content (AvgIpc) is 3.21. The van der Waals surface area contributed by atoms with E-state index in [9.17, 15) is 0 Å². The lowest BCUT2D eigenvalue weighted by atomic mass is 9.86. The number of hydrogen-bond acceptors (Lipinski definition) is 2. The molecule has 1 aliphatic carbocycles. The normalized spacial score (nSPS) is 18.6. The van der Waals surface area contributed by atoms with Crippen molar-refractivity contribution >= 4 is 11.3 Å². The number of aromatic nitrogens is 2. The van der Waals surface area contributed by atoms with Crippen molar-refractivity contribution in [3.63, 3.8) is 0 Å². The molecule has 0 amide bonds. The number of rotatable bonds is 6. The predicted octanol–water partition coefficient (Wildman–Crippen LogP) is 9.86. The smallest absolute Gasteiger partial charge is 0.144 e. The molecular weight excluding hydrogens is 480 g/mol. The summed E-state index contributed by atoms with van der Waals surface area (Å²) in [7, 11) is 0. The van der Waals surface area contributed by atoms with Crippen molar-refractivity contribution in [3.05, 3.63) is 106 Å². The Morgan fingerprint density at radius 2 is 1.66 bits per heavy atom. The molecule has 192 valence electrons. The predicted molar refractivity (Wildman–Crippen MR) is 162 cm³/mol. The van der Waals surface area contributed by atoms with Gasteiger partial charge in [-0.15, -0.1) is 11.3 Å². The number of nitrogens with zero attached hydrogens (tertiary/aromatic N) is 2. The SMILES string of the molecule is CC[C@H]1CC1(C)c1ccc(-c2c(C)cccc2C)cc1-c1nccn1-c1c(C)sc(-c2ccccc2)c1C. The minimum Gasteiger partial charge on any atom is -0.298 e. The van der Waals surface area contributed by atoms with Gasteiger partial charge in [0.05, 0.1) is 5.69 Å². The molecule has 0 spiro atoms. The van der Waals surface area contributed by atoms with E-state index >= 15 is 0 Å². The van der Waals surface area contributed by atoms with E-state index in [4.69, 9.17) is 4.98 Å². The van der Waals surface area contributed by atoms with Crippen LogP contribution in [0.2, 0.25) is 0 Å². The maximum Gasteiger partial charge on any atom is 0.144 e. The first-order chi connectivity index (χ1) is 18.3. The van der Waals surface area contributed by atoms with Gasteiger partial charge in [0, 0.05) is 27.7 Å². The monoisotopic (exact) mass is 516 g/mol. The highest BCUT2D eigenvalue weighted by Gasteiger charge is 2.51. The van der Waals surface area contributed by atoms with Crippen LogP contribution in [0.5, 0.6) is 0 Å². The number of thiophene rings is 1. The van der Waals surface area contributed by atoms with Crippen LogP contribution >= 0.6 is 11.3 Å². The van der Waals surface area contributed by atoms with Gasteiger partial charge in [0.25, 0.3) is 0 Å². The Bertz CT molecular complexity index is 1620. The van der Waals surface area contributed by atoms with E-state index in [0.29, 0.717) is 0 Å². The van der Waals surface area contributed by atoms with Crippen LogP contribution in [-0.2, 0) is 5.41 Å². The summed E-state index contributed by atoms with van der Waals surface area (Å²) in [5.41, 5.74) is 12.0. The van der Waals surface area contributed by atoms with E-state index in [1.165, 1.54) is 72.8 Å². The highest BCUT2D eigenvalue weighted by Crippen LogP contribution is 2.58. The summed E-state index contributed by atoms with van der Waals surface area (Å²) in [6.07, 6.45) is 6.57. The van der Waals surface area contributed by atoms with Crippen molar-refractivity contribution in [2.45, 2.75) is 59.8 Å². The summed E-state index contributed by atoms with van der Waals surface area (Å²) in [6.45, 7) is 13.7. The maximum atomic E-state index is 5.03. The zero-order chi connectivity index (χ0) is 26.6. The van der Waals surface area contributed by atoms with Crippen molar-refractivity contribution in [1.82, 2.24) is 9.55 Å². The molecule has 38 heavy (non-hydrogen) atoms. The molecule has 0 aliphatic heterocycles. The minimum absolute atomic E-state index is 0.202. The Kier molecular flexibility index (Phi) is 6.15. The van der Waals surface area contributed by atoms with Gasteiger partial charge in [0.1, 0.15) is 5.82 Å². The first-order valence-electron chi connectivity index (χ1n) is 13.7. The molecule has 2 heterocycles. The molecule has 3 aromatic carbocycles. The third kappa shape index (κ3) is 3.96. The van der Waals surface area contributed by atoms with Crippen molar-refractivity contribution in [2.75, 3.05) is 0 Å². The summed E-state index contributed by atoms with van der Waals surface area (Å²) >= 11 is 1.88. The zero-order valence-electron chi connectivity index (χ0n) is 23.3. The Labute approximate surface area is 231 Å². The molecule has 3 heteroatoms. The molecule has 0 saturated heterocycles. The van der Waals surface area contributed by atoms with Crippen molar-refractivity contribution in [2.24, 2.45) is 5.92 Å². The molecule has 6 rings (SSSR count). The second-order valence-electron chi connectivity index (χ2n) is 11.2.